The maximum absolute atomic E-state index is 11.1. The fourth-order valence-corrected chi connectivity index (χ4v) is 3.74. The van der Waals surface area contributed by atoms with Gasteiger partial charge in [0.1, 0.15) is 18.9 Å². The highest BCUT2D eigenvalue weighted by Crippen LogP contribution is 2.23. The molecule has 0 radical (unpaired) electrons. The summed E-state index contributed by atoms with van der Waals surface area (Å²) in [6.07, 6.45) is 21.2. The predicted octanol–water partition coefficient (Wildman–Crippen LogP) is 4.00. The summed E-state index contributed by atoms with van der Waals surface area (Å²) < 4.78 is 0.106. The van der Waals surface area contributed by atoms with Gasteiger partial charge < -0.3 is 9.90 Å². The lowest BCUT2D eigenvalue weighted by atomic mass is 10.0. The third kappa shape index (κ3) is 8.85. The molecule has 2 atom stereocenters. The SMILES string of the molecule is C=CCCCCCCCCCCCCCC1=NC=C[N+]1(CC(=O)[O-])C(C)N. The number of carbonyl (C=O) groups excluding carboxylic acids is 1. The summed E-state index contributed by atoms with van der Waals surface area (Å²) in [5.41, 5.74) is 6.06. The van der Waals surface area contributed by atoms with Crippen molar-refractivity contribution < 1.29 is 14.4 Å². The van der Waals surface area contributed by atoms with Crippen molar-refractivity contribution in [1.29, 1.82) is 0 Å². The molecule has 2 N–H and O–H groups in total. The molecule has 1 rings (SSSR count). The lowest BCUT2D eigenvalue weighted by molar-refractivity contribution is -0.808. The van der Waals surface area contributed by atoms with Crippen molar-refractivity contribution in [3.8, 4) is 0 Å². The molecule has 1 heterocycles. The van der Waals surface area contributed by atoms with Crippen molar-refractivity contribution in [2.45, 2.75) is 96.6 Å². The Morgan fingerprint density at radius 2 is 1.63 bits per heavy atom. The van der Waals surface area contributed by atoms with E-state index >= 15 is 0 Å². The van der Waals surface area contributed by atoms with E-state index < -0.39 is 5.97 Å². The van der Waals surface area contributed by atoms with Crippen LogP contribution in [-0.2, 0) is 4.79 Å². The summed E-state index contributed by atoms with van der Waals surface area (Å²) >= 11 is 0. The van der Waals surface area contributed by atoms with E-state index in [0.717, 1.165) is 31.5 Å². The van der Waals surface area contributed by atoms with E-state index in [2.05, 4.69) is 11.6 Å². The molecule has 1 aliphatic heterocycles. The Hall–Kier alpha value is -1.46. The number of carboxylic acid groups (broad SMARTS) is 1. The summed E-state index contributed by atoms with van der Waals surface area (Å²) in [6.45, 7) is 5.44. The molecule has 0 spiro atoms. The van der Waals surface area contributed by atoms with Crippen molar-refractivity contribution in [3.63, 3.8) is 0 Å². The summed E-state index contributed by atoms with van der Waals surface area (Å²) in [7, 11) is 0. The number of nitrogens with two attached hydrogens (primary N) is 1. The summed E-state index contributed by atoms with van der Waals surface area (Å²) in [5.74, 6) is -0.238. The van der Waals surface area contributed by atoms with Gasteiger partial charge in [-0.15, -0.1) is 6.58 Å². The van der Waals surface area contributed by atoms with Crippen LogP contribution in [-0.4, -0.2) is 29.0 Å². The van der Waals surface area contributed by atoms with Crippen LogP contribution in [0.25, 0.3) is 0 Å². The van der Waals surface area contributed by atoms with Gasteiger partial charge in [-0.3, -0.25) is 5.73 Å². The molecule has 0 saturated carbocycles. The largest absolute Gasteiger partial charge is 0.544 e. The third-order valence-electron chi connectivity index (χ3n) is 5.46. The topological polar surface area (TPSA) is 78.5 Å². The number of rotatable bonds is 17. The minimum atomic E-state index is -1.09. The number of hydrogen-bond donors (Lipinski definition) is 1. The van der Waals surface area contributed by atoms with Gasteiger partial charge in [-0.05, 0) is 19.3 Å². The van der Waals surface area contributed by atoms with Gasteiger partial charge in [0.2, 0.25) is 5.84 Å². The van der Waals surface area contributed by atoms with Crippen LogP contribution in [0.1, 0.15) is 90.4 Å². The minimum absolute atomic E-state index is 0.106. The Balaban J connectivity index is 2.08. The molecule has 0 saturated heterocycles. The maximum Gasteiger partial charge on any atom is 0.209 e. The van der Waals surface area contributed by atoms with Crippen LogP contribution < -0.4 is 10.8 Å². The smallest absolute Gasteiger partial charge is 0.209 e. The second-order valence-corrected chi connectivity index (χ2v) is 7.76. The average molecular weight is 378 g/mol. The molecular weight excluding hydrogens is 338 g/mol. The molecule has 0 fully saturated rings. The van der Waals surface area contributed by atoms with Crippen molar-refractivity contribution in [2.24, 2.45) is 10.7 Å². The molecule has 0 aromatic carbocycles. The first-order valence-corrected chi connectivity index (χ1v) is 10.7. The molecule has 154 valence electrons. The summed E-state index contributed by atoms with van der Waals surface area (Å²) in [6, 6.07) is 0. The van der Waals surface area contributed by atoms with Crippen LogP contribution in [0.4, 0.5) is 0 Å². The van der Waals surface area contributed by atoms with Crippen molar-refractivity contribution in [1.82, 2.24) is 0 Å². The molecule has 0 amide bonds. The maximum atomic E-state index is 11.1. The number of unbranched alkanes of at least 4 members (excludes halogenated alkanes) is 11. The molecule has 0 aliphatic carbocycles. The van der Waals surface area contributed by atoms with Gasteiger partial charge in [0, 0.05) is 13.3 Å². The van der Waals surface area contributed by atoms with Gasteiger partial charge in [0.25, 0.3) is 0 Å². The summed E-state index contributed by atoms with van der Waals surface area (Å²) in [5, 5.41) is 11.1. The first kappa shape index (κ1) is 23.6. The van der Waals surface area contributed by atoms with E-state index in [9.17, 15) is 9.90 Å². The molecule has 5 nitrogen and oxygen atoms in total. The van der Waals surface area contributed by atoms with Crippen LogP contribution in [0.3, 0.4) is 0 Å². The number of amidine groups is 1. The van der Waals surface area contributed by atoms with Gasteiger partial charge in [-0.1, -0.05) is 63.9 Å². The third-order valence-corrected chi connectivity index (χ3v) is 5.46. The highest BCUT2D eigenvalue weighted by Gasteiger charge is 2.38. The molecule has 5 heteroatoms. The number of hydrogen-bond acceptors (Lipinski definition) is 4. The van der Waals surface area contributed by atoms with Crippen LogP contribution >= 0.6 is 0 Å². The van der Waals surface area contributed by atoms with Gasteiger partial charge in [-0.2, -0.15) is 0 Å². The average Bonchev–Trinajstić information content (AvgIpc) is 3.02. The van der Waals surface area contributed by atoms with E-state index in [1.165, 1.54) is 57.8 Å². The predicted molar refractivity (Wildman–Crippen MR) is 111 cm³/mol. The Morgan fingerprint density at radius 1 is 1.11 bits per heavy atom. The van der Waals surface area contributed by atoms with Crippen LogP contribution in [0.5, 0.6) is 0 Å². The zero-order valence-corrected chi connectivity index (χ0v) is 17.2. The quantitative estimate of drug-likeness (QED) is 0.236. The van der Waals surface area contributed by atoms with Crippen molar-refractivity contribution >= 4 is 11.8 Å². The van der Waals surface area contributed by atoms with E-state index in [1.54, 1.807) is 12.4 Å². The van der Waals surface area contributed by atoms with E-state index in [-0.39, 0.29) is 17.2 Å². The number of aliphatic imine (C=N–C) groups is 1. The molecular formula is C22H39N3O2. The van der Waals surface area contributed by atoms with E-state index in [0.29, 0.717) is 0 Å². The molecule has 0 aromatic rings. The highest BCUT2D eigenvalue weighted by molar-refractivity contribution is 5.81. The highest BCUT2D eigenvalue weighted by atomic mass is 16.4. The Labute approximate surface area is 165 Å². The normalized spacial score (nSPS) is 19.9. The number of carboxylic acids is 1. The minimum Gasteiger partial charge on any atom is -0.544 e. The fraction of sp³-hybridized carbons (Fsp3) is 0.727. The molecule has 27 heavy (non-hydrogen) atoms. The van der Waals surface area contributed by atoms with Gasteiger partial charge in [0.05, 0.1) is 12.2 Å². The lowest BCUT2D eigenvalue weighted by Gasteiger charge is -2.36. The number of carbonyl (C=O) groups is 1. The van der Waals surface area contributed by atoms with Gasteiger partial charge in [-0.25, -0.2) is 9.48 Å². The molecule has 0 aromatic heterocycles. The number of nitrogens with zero attached hydrogens (tertiary/aromatic N) is 2. The van der Waals surface area contributed by atoms with E-state index in [1.807, 2.05) is 13.0 Å². The number of quaternary nitrogens is 1. The number of aliphatic carboxylic acids is 1. The molecule has 1 aliphatic rings. The van der Waals surface area contributed by atoms with Gasteiger partial charge >= 0.3 is 0 Å². The van der Waals surface area contributed by atoms with Crippen LogP contribution in [0.15, 0.2) is 30.0 Å². The fourth-order valence-electron chi connectivity index (χ4n) is 3.74. The Morgan fingerprint density at radius 3 is 2.11 bits per heavy atom. The monoisotopic (exact) mass is 377 g/mol. The zero-order chi connectivity index (χ0) is 20.0. The van der Waals surface area contributed by atoms with E-state index in [4.69, 9.17) is 5.73 Å². The first-order chi connectivity index (χ1) is 13.0. The van der Waals surface area contributed by atoms with Crippen molar-refractivity contribution in [3.05, 3.63) is 25.1 Å². The van der Waals surface area contributed by atoms with Crippen LogP contribution in [0.2, 0.25) is 0 Å². The first-order valence-electron chi connectivity index (χ1n) is 10.7. The Bertz CT molecular complexity index is 500. The molecule has 2 unspecified atom stereocenters. The Kier molecular flexibility index (Phi) is 11.9. The zero-order valence-electron chi connectivity index (χ0n) is 17.2. The molecule has 0 bridgehead atoms. The second-order valence-electron chi connectivity index (χ2n) is 7.76. The second kappa shape index (κ2) is 13.7. The van der Waals surface area contributed by atoms with Crippen molar-refractivity contribution in [2.75, 3.05) is 6.54 Å². The van der Waals surface area contributed by atoms with Gasteiger partial charge in [0.15, 0.2) is 0 Å². The van der Waals surface area contributed by atoms with Crippen LogP contribution in [0, 0.1) is 0 Å². The number of allylic oxidation sites excluding steroid dienone is 1. The summed E-state index contributed by atoms with van der Waals surface area (Å²) in [4.78, 5) is 15.5. The standard InChI is InChI=1S/C22H39N3O2/c1-3-4-5-6-7-8-9-10-11-12-13-14-15-16-21-24-17-18-25(21,20(2)23)19-22(26)27/h3,17-18,20H,1,4-16,19,23H2,2H3. The lowest BCUT2D eigenvalue weighted by Crippen LogP contribution is -2.60.